The minimum absolute atomic E-state index is 0.0211. The van der Waals surface area contributed by atoms with Crippen molar-refractivity contribution in [3.63, 3.8) is 0 Å². The molecule has 0 saturated heterocycles. The van der Waals surface area contributed by atoms with Crippen LogP contribution in [0.1, 0.15) is 33.9 Å². The van der Waals surface area contributed by atoms with Crippen LogP contribution in [0.3, 0.4) is 0 Å². The summed E-state index contributed by atoms with van der Waals surface area (Å²) in [7, 11) is 0. The molecule has 0 heterocycles. The molecule has 1 atom stereocenters. The van der Waals surface area contributed by atoms with Crippen LogP contribution in [0.4, 0.5) is 5.69 Å². The van der Waals surface area contributed by atoms with Crippen molar-refractivity contribution in [1.29, 1.82) is 5.41 Å². The van der Waals surface area contributed by atoms with Crippen molar-refractivity contribution in [3.8, 4) is 11.5 Å². The van der Waals surface area contributed by atoms with E-state index in [1.165, 1.54) is 0 Å². The highest BCUT2D eigenvalue weighted by Crippen LogP contribution is 2.30. The van der Waals surface area contributed by atoms with E-state index in [4.69, 9.17) is 20.6 Å². The zero-order valence-corrected chi connectivity index (χ0v) is 23.7. The van der Waals surface area contributed by atoms with Crippen LogP contribution in [0.15, 0.2) is 133 Å². The summed E-state index contributed by atoms with van der Waals surface area (Å²) in [6.07, 6.45) is 0. The Morgan fingerprint density at radius 1 is 0.674 bits per heavy atom. The third kappa shape index (κ3) is 8.47. The van der Waals surface area contributed by atoms with Gasteiger partial charge in [0.15, 0.2) is 0 Å². The molecular formula is C36H34N4O3. The number of amides is 1. The van der Waals surface area contributed by atoms with Crippen molar-refractivity contribution >= 4 is 17.4 Å². The van der Waals surface area contributed by atoms with Gasteiger partial charge in [0, 0.05) is 23.9 Å². The van der Waals surface area contributed by atoms with Gasteiger partial charge in [0.05, 0.1) is 0 Å². The number of nitrogen functional groups attached to an aromatic ring is 1. The lowest BCUT2D eigenvalue weighted by Gasteiger charge is -2.22. The van der Waals surface area contributed by atoms with Crippen molar-refractivity contribution in [2.45, 2.75) is 25.8 Å². The fourth-order valence-corrected chi connectivity index (χ4v) is 4.51. The number of benzene rings is 5. The van der Waals surface area contributed by atoms with Gasteiger partial charge in [-0.2, -0.15) is 0 Å². The Labute approximate surface area is 251 Å². The van der Waals surface area contributed by atoms with E-state index in [9.17, 15) is 4.79 Å². The molecule has 43 heavy (non-hydrogen) atoms. The van der Waals surface area contributed by atoms with Crippen LogP contribution in [0.25, 0.3) is 0 Å². The Kier molecular flexibility index (Phi) is 9.67. The van der Waals surface area contributed by atoms with Crippen LogP contribution in [0.5, 0.6) is 11.5 Å². The summed E-state index contributed by atoms with van der Waals surface area (Å²) < 4.78 is 12.4. The largest absolute Gasteiger partial charge is 0.489 e. The average molecular weight is 571 g/mol. The standard InChI is InChI=1S/C36H34N4O3/c37-35(38)29-16-18-31(19-17-29)40-34(36(41)39-23-26-10-4-1-5-11-26)30-20-32(42-24-27-12-6-2-7-13-27)22-33(21-30)43-25-28-14-8-3-9-15-28/h1-22,34,40H,23-25H2,(H3,37,38)(H,39,41). The number of carbonyl (C=O) groups excluding carboxylic acids is 1. The van der Waals surface area contributed by atoms with E-state index < -0.39 is 6.04 Å². The first kappa shape index (κ1) is 29.0. The number of hydrogen-bond acceptors (Lipinski definition) is 5. The fourth-order valence-electron chi connectivity index (χ4n) is 4.51. The van der Waals surface area contributed by atoms with Gasteiger partial charge in [0.1, 0.15) is 36.6 Å². The number of nitrogens with one attached hydrogen (secondary N) is 3. The van der Waals surface area contributed by atoms with Gasteiger partial charge in [-0.15, -0.1) is 0 Å². The molecule has 0 spiro atoms. The maximum Gasteiger partial charge on any atom is 0.247 e. The topological polar surface area (TPSA) is 109 Å². The molecule has 0 bridgehead atoms. The van der Waals surface area contributed by atoms with Gasteiger partial charge < -0.3 is 25.8 Å². The van der Waals surface area contributed by atoms with Gasteiger partial charge in [-0.25, -0.2) is 0 Å². The second kappa shape index (κ2) is 14.4. The van der Waals surface area contributed by atoms with Crippen molar-refractivity contribution in [1.82, 2.24) is 5.32 Å². The molecule has 1 amide bonds. The molecule has 0 aliphatic carbocycles. The van der Waals surface area contributed by atoms with E-state index in [1.807, 2.05) is 109 Å². The fraction of sp³-hybridized carbons (Fsp3) is 0.111. The number of carbonyl (C=O) groups is 1. The first-order valence-electron chi connectivity index (χ1n) is 14.0. The summed E-state index contributed by atoms with van der Waals surface area (Å²) >= 11 is 0. The highest BCUT2D eigenvalue weighted by molar-refractivity contribution is 5.95. The van der Waals surface area contributed by atoms with E-state index in [-0.39, 0.29) is 11.7 Å². The zero-order valence-electron chi connectivity index (χ0n) is 23.7. The summed E-state index contributed by atoms with van der Waals surface area (Å²) in [5.41, 5.74) is 10.7. The Morgan fingerprint density at radius 2 is 1.16 bits per heavy atom. The monoisotopic (exact) mass is 570 g/mol. The molecular weight excluding hydrogens is 536 g/mol. The van der Waals surface area contributed by atoms with Gasteiger partial charge in [0.2, 0.25) is 5.91 Å². The quantitative estimate of drug-likeness (QED) is 0.0942. The summed E-state index contributed by atoms with van der Waals surface area (Å²) in [5, 5.41) is 14.1. The molecule has 0 saturated carbocycles. The van der Waals surface area contributed by atoms with E-state index in [2.05, 4.69) is 10.6 Å². The lowest BCUT2D eigenvalue weighted by atomic mass is 10.0. The van der Waals surface area contributed by atoms with E-state index in [0.717, 1.165) is 16.7 Å². The SMILES string of the molecule is N=C(N)c1ccc(NC(C(=O)NCc2ccccc2)c2cc(OCc3ccccc3)cc(OCc3ccccc3)c2)cc1. The Bertz CT molecular complexity index is 1560. The molecule has 5 rings (SSSR count). The van der Waals surface area contributed by atoms with Crippen molar-refractivity contribution in [2.24, 2.45) is 5.73 Å². The highest BCUT2D eigenvalue weighted by atomic mass is 16.5. The lowest BCUT2D eigenvalue weighted by molar-refractivity contribution is -0.122. The molecule has 5 aromatic carbocycles. The Morgan fingerprint density at radius 3 is 1.65 bits per heavy atom. The van der Waals surface area contributed by atoms with Crippen LogP contribution < -0.4 is 25.8 Å². The first-order chi connectivity index (χ1) is 21.0. The van der Waals surface area contributed by atoms with Crippen molar-refractivity contribution in [3.05, 3.63) is 161 Å². The molecule has 7 nitrogen and oxygen atoms in total. The van der Waals surface area contributed by atoms with E-state index in [1.54, 1.807) is 24.3 Å². The van der Waals surface area contributed by atoms with Crippen LogP contribution in [0.2, 0.25) is 0 Å². The molecule has 0 aliphatic rings. The smallest absolute Gasteiger partial charge is 0.247 e. The molecule has 0 aromatic heterocycles. The van der Waals surface area contributed by atoms with Gasteiger partial charge in [-0.05, 0) is 58.7 Å². The minimum Gasteiger partial charge on any atom is -0.489 e. The summed E-state index contributed by atoms with van der Waals surface area (Å²) in [5.74, 6) is 0.930. The summed E-state index contributed by atoms with van der Waals surface area (Å²) in [6.45, 7) is 1.11. The number of anilines is 1. The van der Waals surface area contributed by atoms with Gasteiger partial charge in [0.25, 0.3) is 0 Å². The second-order valence-electron chi connectivity index (χ2n) is 10.1. The van der Waals surface area contributed by atoms with Crippen LogP contribution >= 0.6 is 0 Å². The average Bonchev–Trinajstić information content (AvgIpc) is 3.06. The Hall–Kier alpha value is -5.56. The molecule has 5 aromatic rings. The van der Waals surface area contributed by atoms with Crippen LogP contribution in [-0.2, 0) is 24.6 Å². The van der Waals surface area contributed by atoms with Gasteiger partial charge >= 0.3 is 0 Å². The van der Waals surface area contributed by atoms with Crippen LogP contribution in [-0.4, -0.2) is 11.7 Å². The molecule has 216 valence electrons. The number of ether oxygens (including phenoxy) is 2. The van der Waals surface area contributed by atoms with Crippen molar-refractivity contribution < 1.29 is 14.3 Å². The number of hydrogen-bond donors (Lipinski definition) is 4. The summed E-state index contributed by atoms with van der Waals surface area (Å²) in [6, 6.07) is 41.5. The lowest BCUT2D eigenvalue weighted by Crippen LogP contribution is -2.33. The molecule has 0 radical (unpaired) electrons. The van der Waals surface area contributed by atoms with E-state index >= 15 is 0 Å². The highest BCUT2D eigenvalue weighted by Gasteiger charge is 2.23. The molecule has 7 heteroatoms. The molecule has 0 fully saturated rings. The maximum atomic E-state index is 13.8. The zero-order chi connectivity index (χ0) is 29.9. The van der Waals surface area contributed by atoms with Crippen molar-refractivity contribution in [2.75, 3.05) is 5.32 Å². The molecule has 0 aliphatic heterocycles. The van der Waals surface area contributed by atoms with Gasteiger partial charge in [-0.1, -0.05) is 91.0 Å². The summed E-state index contributed by atoms with van der Waals surface area (Å²) in [4.78, 5) is 13.8. The normalized spacial score (nSPS) is 11.3. The molecule has 1 unspecified atom stereocenters. The third-order valence-electron chi connectivity index (χ3n) is 6.81. The third-order valence-corrected chi connectivity index (χ3v) is 6.81. The predicted octanol–water partition coefficient (Wildman–Crippen LogP) is 6.60. The molecule has 5 N–H and O–H groups in total. The van der Waals surface area contributed by atoms with Gasteiger partial charge in [-0.3, -0.25) is 10.2 Å². The maximum absolute atomic E-state index is 13.8. The number of rotatable bonds is 13. The second-order valence-corrected chi connectivity index (χ2v) is 10.1. The van der Waals surface area contributed by atoms with E-state index in [0.29, 0.717) is 48.1 Å². The predicted molar refractivity (Wildman–Crippen MR) is 170 cm³/mol. The Balaban J connectivity index is 1.45. The number of nitrogens with two attached hydrogens (primary N) is 1. The first-order valence-corrected chi connectivity index (χ1v) is 14.0. The number of amidine groups is 1. The van der Waals surface area contributed by atoms with Crippen LogP contribution in [0, 0.1) is 5.41 Å². The minimum atomic E-state index is -0.772.